The number of nitrogens with one attached hydrogen (secondary N) is 1. The fourth-order valence-corrected chi connectivity index (χ4v) is 4.77. The predicted molar refractivity (Wildman–Crippen MR) is 98.2 cm³/mol. The van der Waals surface area contributed by atoms with Crippen LogP contribution >= 0.6 is 34.5 Å². The molecule has 0 bridgehead atoms. The number of hydrogen-bond acceptors (Lipinski definition) is 6. The molecular weight excluding hydrogens is 407 g/mol. The first kappa shape index (κ1) is 17.8. The molecule has 0 amide bonds. The second kappa shape index (κ2) is 6.72. The summed E-state index contributed by atoms with van der Waals surface area (Å²) in [4.78, 5) is 4.00. The maximum absolute atomic E-state index is 12.4. The second-order valence-corrected chi connectivity index (χ2v) is 8.27. The van der Waals surface area contributed by atoms with Crippen LogP contribution in [0.3, 0.4) is 0 Å². The highest BCUT2D eigenvalue weighted by atomic mass is 35.5. The number of nitrogens with zero attached hydrogens (tertiary/aromatic N) is 1. The molecular formula is C15H10Cl2N2O4S2. The summed E-state index contributed by atoms with van der Waals surface area (Å²) in [5, 5.41) is 21.3. The number of benzene rings is 2. The van der Waals surface area contributed by atoms with Gasteiger partial charge in [0.1, 0.15) is 16.4 Å². The number of aromatic nitrogens is 1. The fourth-order valence-electron chi connectivity index (χ4n) is 2.04. The Kier molecular flexibility index (Phi) is 4.79. The summed E-state index contributed by atoms with van der Waals surface area (Å²) in [6, 6.07) is 8.02. The smallest absolute Gasteiger partial charge is 0.265 e. The van der Waals surface area contributed by atoms with Crippen LogP contribution in [0.25, 0.3) is 11.3 Å². The number of sulfonamides is 1. The Morgan fingerprint density at radius 2 is 1.84 bits per heavy atom. The van der Waals surface area contributed by atoms with Gasteiger partial charge in [0.25, 0.3) is 10.0 Å². The Hall–Kier alpha value is -2.00. The molecule has 1 heterocycles. The van der Waals surface area contributed by atoms with Gasteiger partial charge in [0.05, 0.1) is 10.7 Å². The van der Waals surface area contributed by atoms with E-state index in [1.807, 2.05) is 0 Å². The molecule has 0 spiro atoms. The highest BCUT2D eigenvalue weighted by molar-refractivity contribution is 7.93. The van der Waals surface area contributed by atoms with E-state index in [1.54, 1.807) is 5.38 Å². The Morgan fingerprint density at radius 1 is 1.08 bits per heavy atom. The third-order valence-electron chi connectivity index (χ3n) is 3.17. The van der Waals surface area contributed by atoms with Gasteiger partial charge in [-0.15, -0.1) is 11.3 Å². The van der Waals surface area contributed by atoms with Crippen molar-refractivity contribution < 1.29 is 18.6 Å². The van der Waals surface area contributed by atoms with Gasteiger partial charge in [-0.1, -0.05) is 23.2 Å². The number of anilines is 1. The maximum atomic E-state index is 12.4. The van der Waals surface area contributed by atoms with Crippen LogP contribution in [-0.2, 0) is 10.0 Å². The summed E-state index contributed by atoms with van der Waals surface area (Å²) < 4.78 is 27.2. The van der Waals surface area contributed by atoms with Gasteiger partial charge in [-0.25, -0.2) is 13.4 Å². The van der Waals surface area contributed by atoms with Crippen LogP contribution in [0.4, 0.5) is 5.13 Å². The van der Waals surface area contributed by atoms with Crippen LogP contribution in [0.15, 0.2) is 46.7 Å². The van der Waals surface area contributed by atoms with Crippen molar-refractivity contribution in [3.05, 3.63) is 51.8 Å². The lowest BCUT2D eigenvalue weighted by molar-refractivity contribution is 0.462. The Morgan fingerprint density at radius 3 is 2.56 bits per heavy atom. The quantitative estimate of drug-likeness (QED) is 0.549. The molecule has 6 nitrogen and oxygen atoms in total. The molecule has 3 rings (SSSR count). The van der Waals surface area contributed by atoms with Crippen molar-refractivity contribution in [1.82, 2.24) is 4.98 Å². The maximum Gasteiger partial charge on any atom is 0.265 e. The molecule has 0 saturated heterocycles. The number of aromatic hydroxyl groups is 2. The average molecular weight is 417 g/mol. The first-order valence-corrected chi connectivity index (χ1v) is 9.84. The monoisotopic (exact) mass is 416 g/mol. The third-order valence-corrected chi connectivity index (χ3v) is 6.11. The first-order valence-electron chi connectivity index (χ1n) is 6.72. The molecule has 0 unspecified atom stereocenters. The molecule has 0 saturated carbocycles. The van der Waals surface area contributed by atoms with E-state index in [2.05, 4.69) is 9.71 Å². The molecule has 3 aromatic rings. The van der Waals surface area contributed by atoms with Gasteiger partial charge in [-0.2, -0.15) is 0 Å². The van der Waals surface area contributed by atoms with E-state index in [-0.39, 0.29) is 32.1 Å². The Balaban J connectivity index is 1.92. The van der Waals surface area contributed by atoms with Gasteiger partial charge in [0.15, 0.2) is 5.13 Å². The van der Waals surface area contributed by atoms with Crippen LogP contribution < -0.4 is 4.72 Å². The largest absolute Gasteiger partial charge is 0.508 e. The van der Waals surface area contributed by atoms with Crippen LogP contribution in [0.5, 0.6) is 11.5 Å². The van der Waals surface area contributed by atoms with Crippen LogP contribution in [0.1, 0.15) is 0 Å². The second-order valence-electron chi connectivity index (χ2n) is 4.92. The zero-order valence-electron chi connectivity index (χ0n) is 12.3. The summed E-state index contributed by atoms with van der Waals surface area (Å²) in [6.07, 6.45) is 0. The van der Waals surface area contributed by atoms with Crippen molar-refractivity contribution in [3.8, 4) is 22.8 Å². The van der Waals surface area contributed by atoms with E-state index in [4.69, 9.17) is 23.2 Å². The van der Waals surface area contributed by atoms with Crippen LogP contribution in [-0.4, -0.2) is 23.6 Å². The topological polar surface area (TPSA) is 99.5 Å². The van der Waals surface area contributed by atoms with Crippen molar-refractivity contribution in [2.75, 3.05) is 4.72 Å². The van der Waals surface area contributed by atoms with Gasteiger partial charge in [0, 0.05) is 16.0 Å². The molecule has 0 aliphatic heterocycles. The van der Waals surface area contributed by atoms with Crippen molar-refractivity contribution in [2.24, 2.45) is 0 Å². The van der Waals surface area contributed by atoms with E-state index < -0.39 is 10.0 Å². The van der Waals surface area contributed by atoms with Gasteiger partial charge in [-0.3, -0.25) is 4.72 Å². The lowest BCUT2D eigenvalue weighted by Gasteiger charge is -2.07. The van der Waals surface area contributed by atoms with Crippen LogP contribution in [0, 0.1) is 0 Å². The summed E-state index contributed by atoms with van der Waals surface area (Å²) in [7, 11) is -3.95. The molecule has 10 heteroatoms. The number of thiazole rings is 1. The Bertz CT molecular complexity index is 1050. The lowest BCUT2D eigenvalue weighted by atomic mass is 10.1. The molecule has 130 valence electrons. The van der Waals surface area contributed by atoms with Gasteiger partial charge >= 0.3 is 0 Å². The highest BCUT2D eigenvalue weighted by Crippen LogP contribution is 2.35. The van der Waals surface area contributed by atoms with Crippen molar-refractivity contribution in [3.63, 3.8) is 0 Å². The highest BCUT2D eigenvalue weighted by Gasteiger charge is 2.20. The van der Waals surface area contributed by atoms with E-state index >= 15 is 0 Å². The molecule has 0 aliphatic rings. The van der Waals surface area contributed by atoms with Crippen LogP contribution in [0.2, 0.25) is 10.0 Å². The van der Waals surface area contributed by atoms with E-state index in [1.165, 1.54) is 36.4 Å². The minimum atomic E-state index is -3.95. The van der Waals surface area contributed by atoms with Crippen molar-refractivity contribution in [2.45, 2.75) is 4.90 Å². The summed E-state index contributed by atoms with van der Waals surface area (Å²) in [5.41, 5.74) is 0.601. The van der Waals surface area contributed by atoms with Crippen molar-refractivity contribution in [1.29, 1.82) is 0 Å². The molecule has 0 fully saturated rings. The molecule has 0 atom stereocenters. The molecule has 3 N–H and O–H groups in total. The zero-order chi connectivity index (χ0) is 18.2. The van der Waals surface area contributed by atoms with Gasteiger partial charge in [-0.05, 0) is 36.4 Å². The summed E-state index contributed by atoms with van der Waals surface area (Å²) >= 11 is 12.7. The summed E-state index contributed by atoms with van der Waals surface area (Å²) in [5.74, 6) is -0.130. The number of phenolic OH excluding ortho intramolecular Hbond substituents is 2. The molecule has 0 radical (unpaired) electrons. The van der Waals surface area contributed by atoms with Crippen molar-refractivity contribution >= 4 is 49.7 Å². The molecule has 2 aromatic carbocycles. The molecule has 25 heavy (non-hydrogen) atoms. The lowest BCUT2D eigenvalue weighted by Crippen LogP contribution is -2.13. The summed E-state index contributed by atoms with van der Waals surface area (Å²) in [6.45, 7) is 0. The minimum absolute atomic E-state index is 0.0117. The first-order chi connectivity index (χ1) is 11.8. The zero-order valence-corrected chi connectivity index (χ0v) is 15.4. The third kappa shape index (κ3) is 3.82. The minimum Gasteiger partial charge on any atom is -0.508 e. The van der Waals surface area contributed by atoms with E-state index in [9.17, 15) is 18.6 Å². The number of hydrogen-bond donors (Lipinski definition) is 3. The predicted octanol–water partition coefficient (Wildman–Crippen LogP) is 4.33. The molecule has 0 aliphatic carbocycles. The van der Waals surface area contributed by atoms with Gasteiger partial charge in [0.2, 0.25) is 0 Å². The Labute approximate surface area is 157 Å². The van der Waals surface area contributed by atoms with E-state index in [0.29, 0.717) is 10.7 Å². The average Bonchev–Trinajstić information content (AvgIpc) is 2.96. The number of phenols is 2. The number of halogens is 2. The standard InChI is InChI=1S/C15H10Cl2N2O4S2/c16-8-1-4-14(11(17)5-8)25(22,23)19-15-18-12(7-24-15)10-6-9(20)2-3-13(10)21/h1-7,20-21H,(H,18,19). The molecule has 1 aromatic heterocycles. The normalized spacial score (nSPS) is 11.4. The SMILES string of the molecule is O=S(=O)(Nc1nc(-c2cc(O)ccc2O)cs1)c1ccc(Cl)cc1Cl. The number of rotatable bonds is 4. The van der Waals surface area contributed by atoms with Gasteiger partial charge < -0.3 is 10.2 Å². The van der Waals surface area contributed by atoms with E-state index in [0.717, 1.165) is 11.3 Å². The fraction of sp³-hybridized carbons (Fsp3) is 0.